The Kier molecular flexibility index (Phi) is 5.87. The number of ether oxygens (including phenoxy) is 1. The van der Waals surface area contributed by atoms with Crippen LogP contribution in [-0.4, -0.2) is 27.6 Å². The second-order valence-corrected chi connectivity index (χ2v) is 7.21. The van der Waals surface area contributed by atoms with E-state index in [0.717, 1.165) is 33.4 Å². The molecule has 0 aliphatic carbocycles. The first-order chi connectivity index (χ1) is 13.8. The molecule has 7 heteroatoms. The zero-order chi connectivity index (χ0) is 21.1. The zero-order valence-electron chi connectivity index (χ0n) is 17.1. The van der Waals surface area contributed by atoms with E-state index in [4.69, 9.17) is 4.74 Å². The fourth-order valence-electron chi connectivity index (χ4n) is 3.55. The maximum atomic E-state index is 12.4. The smallest absolute Gasteiger partial charge is 0.328 e. The van der Waals surface area contributed by atoms with Crippen molar-refractivity contribution in [2.75, 3.05) is 11.9 Å². The number of nitrogens with one attached hydrogen (secondary N) is 1. The van der Waals surface area contributed by atoms with Crippen molar-refractivity contribution in [3.05, 3.63) is 63.6 Å². The number of carbonyl (C=O) groups is 2. The number of hydrogen-bond donors (Lipinski definition) is 1. The highest BCUT2D eigenvalue weighted by Crippen LogP contribution is 2.21. The topological polar surface area (TPSA) is 82.3 Å². The molecule has 0 saturated heterocycles. The number of nitrogens with zero attached hydrogens (tertiary/aromatic N) is 2. The first-order valence-corrected chi connectivity index (χ1v) is 9.45. The molecule has 3 rings (SSSR count). The predicted octanol–water partition coefficient (Wildman–Crippen LogP) is 2.84. The molecule has 1 N–H and O–H groups in total. The van der Waals surface area contributed by atoms with Crippen LogP contribution in [0.4, 0.5) is 5.69 Å². The molecule has 1 heterocycles. The lowest BCUT2D eigenvalue weighted by Gasteiger charge is -2.13. The Morgan fingerprint density at radius 3 is 2.31 bits per heavy atom. The van der Waals surface area contributed by atoms with Crippen LogP contribution in [0.25, 0.3) is 11.0 Å². The molecule has 0 bridgehead atoms. The van der Waals surface area contributed by atoms with Crippen LogP contribution in [0.3, 0.4) is 0 Å². The molecule has 0 radical (unpaired) electrons. The third-order valence-corrected chi connectivity index (χ3v) is 4.90. The highest BCUT2D eigenvalue weighted by molar-refractivity contribution is 5.94. The van der Waals surface area contributed by atoms with Gasteiger partial charge >= 0.3 is 11.7 Å². The average molecular weight is 395 g/mol. The first kappa shape index (κ1) is 20.4. The van der Waals surface area contributed by atoms with Crippen molar-refractivity contribution in [3.63, 3.8) is 0 Å². The van der Waals surface area contributed by atoms with E-state index >= 15 is 0 Å². The molecule has 0 unspecified atom stereocenters. The summed E-state index contributed by atoms with van der Waals surface area (Å²) in [5.41, 5.74) is 5.13. The molecule has 0 aliphatic rings. The van der Waals surface area contributed by atoms with Crippen molar-refractivity contribution in [2.45, 2.75) is 33.7 Å². The number of para-hydroxylation sites is 2. The van der Waals surface area contributed by atoms with E-state index in [-0.39, 0.29) is 25.3 Å². The number of hydrogen-bond acceptors (Lipinski definition) is 4. The van der Waals surface area contributed by atoms with Gasteiger partial charge in [-0.05, 0) is 44.0 Å². The standard InChI is InChI=1S/C22H25N3O4/c1-14-11-15(2)21(16(3)12-14)23-19(26)13-29-20(27)9-10-25-18-8-6-5-7-17(18)24(4)22(25)28/h5-8,11-12H,9-10,13H2,1-4H3,(H,23,26). The van der Waals surface area contributed by atoms with Gasteiger partial charge in [0.15, 0.2) is 6.61 Å². The molecule has 29 heavy (non-hydrogen) atoms. The van der Waals surface area contributed by atoms with E-state index in [1.165, 1.54) is 4.57 Å². The van der Waals surface area contributed by atoms with Gasteiger partial charge in [0.1, 0.15) is 0 Å². The number of benzene rings is 2. The molecule has 0 atom stereocenters. The minimum atomic E-state index is -0.530. The molecular formula is C22H25N3O4. The normalized spacial score (nSPS) is 10.9. The van der Waals surface area contributed by atoms with Crippen LogP contribution in [0.5, 0.6) is 0 Å². The quantitative estimate of drug-likeness (QED) is 0.651. The SMILES string of the molecule is Cc1cc(C)c(NC(=O)COC(=O)CCn2c(=O)n(C)c3ccccc32)c(C)c1. The molecule has 0 saturated carbocycles. The van der Waals surface area contributed by atoms with Gasteiger partial charge < -0.3 is 10.1 Å². The Morgan fingerprint density at radius 2 is 1.66 bits per heavy atom. The lowest BCUT2D eigenvalue weighted by Crippen LogP contribution is -2.25. The van der Waals surface area contributed by atoms with Crippen LogP contribution < -0.4 is 11.0 Å². The Morgan fingerprint density at radius 1 is 1.03 bits per heavy atom. The van der Waals surface area contributed by atoms with Crippen LogP contribution in [-0.2, 0) is 27.9 Å². The molecule has 2 aromatic carbocycles. The van der Waals surface area contributed by atoms with Crippen LogP contribution in [0.15, 0.2) is 41.2 Å². The molecule has 0 aliphatic heterocycles. The van der Waals surface area contributed by atoms with Gasteiger partial charge in [0.2, 0.25) is 0 Å². The van der Waals surface area contributed by atoms with Crippen molar-refractivity contribution in [3.8, 4) is 0 Å². The van der Waals surface area contributed by atoms with E-state index in [0.29, 0.717) is 0 Å². The van der Waals surface area contributed by atoms with E-state index < -0.39 is 11.9 Å². The maximum Gasteiger partial charge on any atom is 0.328 e. The summed E-state index contributed by atoms with van der Waals surface area (Å²) < 4.78 is 8.17. The van der Waals surface area contributed by atoms with Crippen LogP contribution in [0.1, 0.15) is 23.1 Å². The third-order valence-electron chi connectivity index (χ3n) is 4.90. The number of esters is 1. The van der Waals surface area contributed by atoms with Crippen molar-refractivity contribution < 1.29 is 14.3 Å². The Bertz CT molecular complexity index is 1120. The molecule has 0 fully saturated rings. The summed E-state index contributed by atoms with van der Waals surface area (Å²) in [5.74, 6) is -0.923. The van der Waals surface area contributed by atoms with Gasteiger partial charge in [-0.1, -0.05) is 29.8 Å². The van der Waals surface area contributed by atoms with E-state index in [9.17, 15) is 14.4 Å². The molecule has 1 amide bonds. The van der Waals surface area contributed by atoms with Crippen molar-refractivity contribution in [1.29, 1.82) is 0 Å². The summed E-state index contributed by atoms with van der Waals surface area (Å²) in [6, 6.07) is 11.4. The molecule has 1 aromatic heterocycles. The van der Waals surface area contributed by atoms with E-state index in [2.05, 4.69) is 5.32 Å². The number of amides is 1. The fraction of sp³-hybridized carbons (Fsp3) is 0.318. The summed E-state index contributed by atoms with van der Waals surface area (Å²) in [4.78, 5) is 36.6. The summed E-state index contributed by atoms with van der Waals surface area (Å²) in [6.45, 7) is 5.66. The minimum Gasteiger partial charge on any atom is -0.456 e. The lowest BCUT2D eigenvalue weighted by molar-refractivity contribution is -0.147. The minimum absolute atomic E-state index is 0.00375. The van der Waals surface area contributed by atoms with Crippen LogP contribution in [0, 0.1) is 20.8 Å². The monoisotopic (exact) mass is 395 g/mol. The number of aryl methyl sites for hydroxylation is 5. The Hall–Kier alpha value is -3.35. The van der Waals surface area contributed by atoms with Crippen molar-refractivity contribution in [2.24, 2.45) is 7.05 Å². The summed E-state index contributed by atoms with van der Waals surface area (Å²) in [5, 5.41) is 2.80. The highest BCUT2D eigenvalue weighted by Gasteiger charge is 2.14. The largest absolute Gasteiger partial charge is 0.456 e. The highest BCUT2D eigenvalue weighted by atomic mass is 16.5. The van der Waals surface area contributed by atoms with Crippen LogP contribution in [0.2, 0.25) is 0 Å². The number of fused-ring (bicyclic) bond motifs is 1. The number of aromatic nitrogens is 2. The predicted molar refractivity (Wildman–Crippen MR) is 112 cm³/mol. The maximum absolute atomic E-state index is 12.4. The van der Waals surface area contributed by atoms with Gasteiger partial charge in [0.05, 0.1) is 17.5 Å². The van der Waals surface area contributed by atoms with E-state index in [1.807, 2.05) is 57.2 Å². The molecule has 0 spiro atoms. The Labute approximate surface area is 168 Å². The third kappa shape index (κ3) is 4.39. The van der Waals surface area contributed by atoms with E-state index in [1.54, 1.807) is 11.6 Å². The number of carbonyl (C=O) groups excluding carboxylic acids is 2. The number of imidazole rings is 1. The fourth-order valence-corrected chi connectivity index (χ4v) is 3.55. The summed E-state index contributed by atoms with van der Waals surface area (Å²) in [6.07, 6.45) is 0.00375. The average Bonchev–Trinajstić information content (AvgIpc) is 2.92. The van der Waals surface area contributed by atoms with Gasteiger partial charge in [-0.25, -0.2) is 4.79 Å². The molecule has 3 aromatic rings. The molecule has 7 nitrogen and oxygen atoms in total. The van der Waals surface area contributed by atoms with Gasteiger partial charge in [-0.3, -0.25) is 18.7 Å². The van der Waals surface area contributed by atoms with Gasteiger partial charge in [-0.2, -0.15) is 0 Å². The van der Waals surface area contributed by atoms with Gasteiger partial charge in [-0.15, -0.1) is 0 Å². The molecule has 152 valence electrons. The summed E-state index contributed by atoms with van der Waals surface area (Å²) >= 11 is 0. The summed E-state index contributed by atoms with van der Waals surface area (Å²) in [7, 11) is 1.69. The zero-order valence-corrected chi connectivity index (χ0v) is 17.1. The first-order valence-electron chi connectivity index (χ1n) is 9.45. The van der Waals surface area contributed by atoms with Gasteiger partial charge in [0.25, 0.3) is 5.91 Å². The van der Waals surface area contributed by atoms with Crippen LogP contribution >= 0.6 is 0 Å². The second kappa shape index (κ2) is 8.34. The van der Waals surface area contributed by atoms with Crippen molar-refractivity contribution in [1.82, 2.24) is 9.13 Å². The lowest BCUT2D eigenvalue weighted by atomic mass is 10.1. The van der Waals surface area contributed by atoms with Crippen molar-refractivity contribution >= 4 is 28.6 Å². The molecular weight excluding hydrogens is 370 g/mol. The second-order valence-electron chi connectivity index (χ2n) is 7.21. The number of rotatable bonds is 6. The van der Waals surface area contributed by atoms with Gasteiger partial charge in [0, 0.05) is 19.3 Å². The number of anilines is 1. The Balaban J connectivity index is 1.57.